The van der Waals surface area contributed by atoms with Crippen LogP contribution < -0.4 is 10.1 Å². The summed E-state index contributed by atoms with van der Waals surface area (Å²) in [5, 5.41) is 22.2. The van der Waals surface area contributed by atoms with Crippen molar-refractivity contribution in [3.05, 3.63) is 71.1 Å². The van der Waals surface area contributed by atoms with Gasteiger partial charge < -0.3 is 30.0 Å². The van der Waals surface area contributed by atoms with Crippen LogP contribution in [0.4, 0.5) is 5.69 Å². The third-order valence-electron chi connectivity index (χ3n) is 4.61. The van der Waals surface area contributed by atoms with Gasteiger partial charge in [-0.05, 0) is 42.8 Å². The summed E-state index contributed by atoms with van der Waals surface area (Å²) >= 11 is 0. The monoisotopic (exact) mass is 421 g/mol. The Morgan fingerprint density at radius 3 is 2.97 bits per heavy atom. The summed E-state index contributed by atoms with van der Waals surface area (Å²) in [5.74, 6) is -2.11. The van der Waals surface area contributed by atoms with Crippen molar-refractivity contribution in [2.75, 3.05) is 18.5 Å². The van der Waals surface area contributed by atoms with Gasteiger partial charge in [-0.25, -0.2) is 9.78 Å². The predicted molar refractivity (Wildman–Crippen MR) is 112 cm³/mol. The Morgan fingerprint density at radius 2 is 2.19 bits per heavy atom. The molecule has 3 aromatic rings. The largest absolute Gasteiger partial charge is 0.489 e. The van der Waals surface area contributed by atoms with Crippen molar-refractivity contribution < 1.29 is 29.3 Å². The van der Waals surface area contributed by atoms with Gasteiger partial charge in [0.15, 0.2) is 11.3 Å². The Hall–Kier alpha value is -4.11. The van der Waals surface area contributed by atoms with Crippen LogP contribution in [-0.2, 0) is 14.3 Å². The molecule has 1 aliphatic rings. The number of Topliss-reactive ketones (excluding diaryl/α,β-unsaturated/α-hetero) is 1. The molecule has 0 fully saturated rings. The van der Waals surface area contributed by atoms with Gasteiger partial charge in [0, 0.05) is 23.3 Å². The summed E-state index contributed by atoms with van der Waals surface area (Å²) in [6.07, 6.45) is 4.77. The molecule has 2 aromatic heterocycles. The van der Waals surface area contributed by atoms with Crippen LogP contribution >= 0.6 is 0 Å². The zero-order chi connectivity index (χ0) is 22.0. The standard InChI is InChI=1S/C22H19N3O6/c1-12-4-5-15(16(9-12)30-8-7-26)25-21-18(22(28)29)19(27)17(31-21)10-13-11-24-20-14(13)3-2-6-23-20/h2-6,9-11,25-26H,7-8H2,1H3,(H,23,24)(H,28,29)/b17-10-. The molecule has 158 valence electrons. The van der Waals surface area contributed by atoms with E-state index in [2.05, 4.69) is 15.3 Å². The van der Waals surface area contributed by atoms with Crippen LogP contribution in [0.5, 0.6) is 5.75 Å². The minimum Gasteiger partial charge on any atom is -0.489 e. The fourth-order valence-electron chi connectivity index (χ4n) is 3.18. The van der Waals surface area contributed by atoms with Crippen LogP contribution in [0.3, 0.4) is 0 Å². The number of aromatic amines is 1. The average Bonchev–Trinajstić information content (AvgIpc) is 3.29. The number of ether oxygens (including phenoxy) is 2. The van der Waals surface area contributed by atoms with Gasteiger partial charge in [0.2, 0.25) is 11.7 Å². The Bertz CT molecular complexity index is 1240. The van der Waals surface area contributed by atoms with E-state index in [0.29, 0.717) is 22.6 Å². The number of aliphatic hydroxyl groups is 1. The number of aromatic nitrogens is 2. The number of carboxylic acid groups (broad SMARTS) is 1. The lowest BCUT2D eigenvalue weighted by atomic mass is 10.1. The Kier molecular flexibility index (Phi) is 5.42. The quantitative estimate of drug-likeness (QED) is 0.338. The van der Waals surface area contributed by atoms with E-state index in [1.54, 1.807) is 36.7 Å². The molecule has 0 unspecified atom stereocenters. The number of carbonyl (C=O) groups is 2. The molecule has 0 atom stereocenters. The van der Waals surface area contributed by atoms with E-state index in [-0.39, 0.29) is 24.9 Å². The highest BCUT2D eigenvalue weighted by atomic mass is 16.5. The average molecular weight is 421 g/mol. The van der Waals surface area contributed by atoms with Gasteiger partial charge in [-0.2, -0.15) is 0 Å². The topological polar surface area (TPSA) is 134 Å². The summed E-state index contributed by atoms with van der Waals surface area (Å²) < 4.78 is 11.1. The molecule has 1 aliphatic heterocycles. The highest BCUT2D eigenvalue weighted by molar-refractivity contribution is 6.26. The van der Waals surface area contributed by atoms with Gasteiger partial charge in [-0.15, -0.1) is 0 Å². The SMILES string of the molecule is Cc1ccc(NC2=C(C(=O)O)C(=O)/C(=C/c3c[nH]c4ncccc34)O2)c(OCCO)c1. The number of aliphatic hydroxyl groups excluding tert-OH is 1. The molecule has 0 saturated carbocycles. The first-order valence-electron chi connectivity index (χ1n) is 9.43. The number of H-pyrrole nitrogens is 1. The molecule has 0 bridgehead atoms. The van der Waals surface area contributed by atoms with E-state index in [4.69, 9.17) is 14.6 Å². The van der Waals surface area contributed by atoms with E-state index in [9.17, 15) is 14.7 Å². The predicted octanol–water partition coefficient (Wildman–Crippen LogP) is 2.59. The molecule has 0 spiro atoms. The number of nitrogens with one attached hydrogen (secondary N) is 2. The molecule has 9 nitrogen and oxygen atoms in total. The zero-order valence-corrected chi connectivity index (χ0v) is 16.5. The van der Waals surface area contributed by atoms with E-state index >= 15 is 0 Å². The number of allylic oxidation sites excluding steroid dienone is 1. The van der Waals surface area contributed by atoms with Crippen molar-refractivity contribution in [2.24, 2.45) is 0 Å². The molecule has 0 aliphatic carbocycles. The number of carboxylic acids is 1. The van der Waals surface area contributed by atoms with Crippen LogP contribution in [0.1, 0.15) is 11.1 Å². The Morgan fingerprint density at radius 1 is 1.35 bits per heavy atom. The van der Waals surface area contributed by atoms with Crippen LogP contribution in [-0.4, -0.2) is 45.1 Å². The van der Waals surface area contributed by atoms with Gasteiger partial charge in [0.05, 0.1) is 12.3 Å². The van der Waals surface area contributed by atoms with Gasteiger partial charge in [-0.1, -0.05) is 6.07 Å². The smallest absolute Gasteiger partial charge is 0.345 e. The maximum Gasteiger partial charge on any atom is 0.345 e. The van der Waals surface area contributed by atoms with E-state index in [0.717, 1.165) is 10.9 Å². The first-order chi connectivity index (χ1) is 15.0. The molecule has 1 aromatic carbocycles. The number of ketones is 1. The van der Waals surface area contributed by atoms with Crippen molar-refractivity contribution >= 4 is 34.5 Å². The maximum absolute atomic E-state index is 12.8. The molecule has 0 saturated heterocycles. The summed E-state index contributed by atoms with van der Waals surface area (Å²) in [6, 6.07) is 8.78. The molecule has 0 amide bonds. The minimum atomic E-state index is -1.42. The summed E-state index contributed by atoms with van der Waals surface area (Å²) in [5.41, 5.74) is 2.06. The van der Waals surface area contributed by atoms with E-state index in [1.165, 1.54) is 6.08 Å². The highest BCUT2D eigenvalue weighted by Gasteiger charge is 2.36. The van der Waals surface area contributed by atoms with E-state index in [1.807, 2.05) is 13.0 Å². The number of fused-ring (bicyclic) bond motifs is 1. The van der Waals surface area contributed by atoms with Gasteiger partial charge in [-0.3, -0.25) is 4.79 Å². The minimum absolute atomic E-state index is 0.0580. The lowest BCUT2D eigenvalue weighted by molar-refractivity contribution is -0.134. The number of pyridine rings is 1. The number of carbonyl (C=O) groups excluding carboxylic acids is 1. The number of benzene rings is 1. The van der Waals surface area contributed by atoms with Gasteiger partial charge >= 0.3 is 5.97 Å². The number of aliphatic carboxylic acids is 1. The molecular weight excluding hydrogens is 402 g/mol. The zero-order valence-electron chi connectivity index (χ0n) is 16.5. The van der Waals surface area contributed by atoms with Gasteiger partial charge in [0.25, 0.3) is 0 Å². The number of rotatable bonds is 7. The molecule has 3 heterocycles. The number of nitrogens with zero attached hydrogens (tertiary/aromatic N) is 1. The Labute approximate surface area is 176 Å². The number of aryl methyl sites for hydroxylation is 1. The summed E-state index contributed by atoms with van der Waals surface area (Å²) in [6.45, 7) is 1.74. The summed E-state index contributed by atoms with van der Waals surface area (Å²) in [7, 11) is 0. The van der Waals surface area contributed by atoms with Crippen molar-refractivity contribution in [2.45, 2.75) is 6.92 Å². The van der Waals surface area contributed by atoms with Crippen molar-refractivity contribution in [1.29, 1.82) is 0 Å². The van der Waals surface area contributed by atoms with Crippen LogP contribution in [0, 0.1) is 6.92 Å². The first kappa shape index (κ1) is 20.2. The lowest BCUT2D eigenvalue weighted by Gasteiger charge is -2.14. The third-order valence-corrected chi connectivity index (χ3v) is 4.61. The normalized spacial score (nSPS) is 14.9. The van der Waals surface area contributed by atoms with Crippen LogP contribution in [0.15, 0.2) is 59.9 Å². The second-order valence-corrected chi connectivity index (χ2v) is 6.79. The molecular formula is C22H19N3O6. The van der Waals surface area contributed by atoms with Crippen molar-refractivity contribution in [3.63, 3.8) is 0 Å². The van der Waals surface area contributed by atoms with Crippen LogP contribution in [0.2, 0.25) is 0 Å². The third kappa shape index (κ3) is 3.99. The fourth-order valence-corrected chi connectivity index (χ4v) is 3.18. The van der Waals surface area contributed by atoms with Crippen molar-refractivity contribution in [3.8, 4) is 5.75 Å². The number of hydrogen-bond acceptors (Lipinski definition) is 7. The molecule has 9 heteroatoms. The van der Waals surface area contributed by atoms with E-state index < -0.39 is 17.3 Å². The highest BCUT2D eigenvalue weighted by Crippen LogP contribution is 2.33. The van der Waals surface area contributed by atoms with Crippen molar-refractivity contribution in [1.82, 2.24) is 9.97 Å². The summed E-state index contributed by atoms with van der Waals surface area (Å²) in [4.78, 5) is 31.7. The Balaban J connectivity index is 1.68. The fraction of sp³-hybridized carbons (Fsp3) is 0.136. The molecule has 4 rings (SSSR count). The first-order valence-corrected chi connectivity index (χ1v) is 9.43. The number of hydrogen-bond donors (Lipinski definition) is 4. The molecule has 31 heavy (non-hydrogen) atoms. The second-order valence-electron chi connectivity index (χ2n) is 6.79. The second kappa shape index (κ2) is 8.33. The number of anilines is 1. The lowest BCUT2D eigenvalue weighted by Crippen LogP contribution is -2.12. The van der Waals surface area contributed by atoms with Gasteiger partial charge in [0.1, 0.15) is 18.0 Å². The molecule has 4 N–H and O–H groups in total. The van der Waals surface area contributed by atoms with Crippen LogP contribution in [0.25, 0.3) is 17.1 Å². The maximum atomic E-state index is 12.8. The molecule has 0 radical (unpaired) electrons.